The fourth-order valence-electron chi connectivity index (χ4n) is 1.65. The quantitative estimate of drug-likeness (QED) is 0.721. The van der Waals surface area contributed by atoms with Crippen LogP contribution in [0.5, 0.6) is 0 Å². The lowest BCUT2D eigenvalue weighted by Crippen LogP contribution is -2.51. The van der Waals surface area contributed by atoms with E-state index in [0.29, 0.717) is 26.2 Å². The van der Waals surface area contributed by atoms with Crippen LogP contribution < -0.4 is 5.32 Å². The first-order valence-electron chi connectivity index (χ1n) is 5.92. The zero-order valence-corrected chi connectivity index (χ0v) is 10.7. The van der Waals surface area contributed by atoms with E-state index in [1.54, 1.807) is 12.0 Å². The van der Waals surface area contributed by atoms with Gasteiger partial charge in [-0.1, -0.05) is 0 Å². The van der Waals surface area contributed by atoms with Crippen molar-refractivity contribution in [3.63, 3.8) is 0 Å². The molecule has 1 aliphatic heterocycles. The van der Waals surface area contributed by atoms with Gasteiger partial charge in [-0.15, -0.1) is 0 Å². The maximum Gasteiger partial charge on any atom is 0.317 e. The maximum atomic E-state index is 11.8. The Morgan fingerprint density at radius 2 is 2.33 bits per heavy atom. The third-order valence-corrected chi connectivity index (χ3v) is 2.77. The predicted molar refractivity (Wildman–Crippen MR) is 63.4 cm³/mol. The van der Waals surface area contributed by atoms with Crippen LogP contribution in [0.1, 0.15) is 13.3 Å². The van der Waals surface area contributed by atoms with Crippen LogP contribution >= 0.6 is 0 Å². The molecule has 18 heavy (non-hydrogen) atoms. The van der Waals surface area contributed by atoms with Crippen LogP contribution in [0, 0.1) is 0 Å². The van der Waals surface area contributed by atoms with E-state index in [1.807, 2.05) is 6.92 Å². The summed E-state index contributed by atoms with van der Waals surface area (Å²) in [6.07, 6.45) is -0.565. The third-order valence-electron chi connectivity index (χ3n) is 2.77. The normalized spacial score (nSPS) is 21.4. The number of aliphatic carboxylic acids is 1. The summed E-state index contributed by atoms with van der Waals surface area (Å²) in [5.74, 6) is -0.921. The van der Waals surface area contributed by atoms with Crippen molar-refractivity contribution in [2.75, 3.05) is 33.4 Å². The first kappa shape index (κ1) is 14.7. The van der Waals surface area contributed by atoms with Crippen molar-refractivity contribution in [2.24, 2.45) is 0 Å². The van der Waals surface area contributed by atoms with Crippen LogP contribution in [0.4, 0.5) is 4.79 Å². The topological polar surface area (TPSA) is 88.1 Å². The molecule has 0 radical (unpaired) electrons. The Morgan fingerprint density at radius 1 is 1.61 bits per heavy atom. The lowest BCUT2D eigenvalue weighted by Gasteiger charge is -2.32. The molecule has 7 nitrogen and oxygen atoms in total. The Hall–Kier alpha value is -1.34. The zero-order chi connectivity index (χ0) is 13.5. The highest BCUT2D eigenvalue weighted by molar-refractivity contribution is 5.74. The van der Waals surface area contributed by atoms with Gasteiger partial charge >= 0.3 is 12.0 Å². The Kier molecular flexibility index (Phi) is 5.87. The number of morpholine rings is 1. The summed E-state index contributed by atoms with van der Waals surface area (Å²) in [5, 5.41) is 11.4. The summed E-state index contributed by atoms with van der Waals surface area (Å²) in [6, 6.07) is -0.211. The number of hydrogen-bond donors (Lipinski definition) is 2. The van der Waals surface area contributed by atoms with Crippen molar-refractivity contribution in [1.82, 2.24) is 10.2 Å². The number of amides is 2. The SMILES string of the molecule is COC(C)CNC(=O)N1CCOC(CC(=O)O)C1. The molecule has 0 aliphatic carbocycles. The minimum absolute atomic E-state index is 0.0511. The number of carboxylic acids is 1. The molecule has 2 atom stereocenters. The van der Waals surface area contributed by atoms with Gasteiger partial charge in [0.15, 0.2) is 0 Å². The molecule has 1 heterocycles. The molecule has 104 valence electrons. The number of carbonyl (C=O) groups excluding carboxylic acids is 1. The highest BCUT2D eigenvalue weighted by Gasteiger charge is 2.25. The van der Waals surface area contributed by atoms with Crippen LogP contribution in [-0.2, 0) is 14.3 Å². The van der Waals surface area contributed by atoms with Gasteiger partial charge in [0.2, 0.25) is 0 Å². The summed E-state index contributed by atoms with van der Waals surface area (Å²) < 4.78 is 10.3. The molecule has 2 N–H and O–H groups in total. The second kappa shape index (κ2) is 7.17. The molecule has 0 aromatic heterocycles. The van der Waals surface area contributed by atoms with E-state index in [-0.39, 0.29) is 18.6 Å². The Balaban J connectivity index is 2.36. The summed E-state index contributed by atoms with van der Waals surface area (Å²) >= 11 is 0. The maximum absolute atomic E-state index is 11.8. The van der Waals surface area contributed by atoms with Crippen LogP contribution in [-0.4, -0.2) is 67.6 Å². The average molecular weight is 260 g/mol. The number of ether oxygens (including phenoxy) is 2. The monoisotopic (exact) mass is 260 g/mol. The van der Waals surface area contributed by atoms with Gasteiger partial charge in [-0.3, -0.25) is 4.79 Å². The highest BCUT2D eigenvalue weighted by atomic mass is 16.5. The van der Waals surface area contributed by atoms with Crippen LogP contribution in [0.3, 0.4) is 0 Å². The molecule has 2 amide bonds. The molecule has 1 fully saturated rings. The molecule has 1 aliphatic rings. The van der Waals surface area contributed by atoms with Crippen molar-refractivity contribution in [3.8, 4) is 0 Å². The van der Waals surface area contributed by atoms with Crippen LogP contribution in [0.25, 0.3) is 0 Å². The van der Waals surface area contributed by atoms with Gasteiger partial charge in [-0.05, 0) is 6.92 Å². The van der Waals surface area contributed by atoms with Gasteiger partial charge in [-0.2, -0.15) is 0 Å². The molecule has 0 spiro atoms. The number of methoxy groups -OCH3 is 1. The number of nitrogens with zero attached hydrogens (tertiary/aromatic N) is 1. The lowest BCUT2D eigenvalue weighted by atomic mass is 10.2. The predicted octanol–water partition coefficient (Wildman–Crippen LogP) is -0.0936. The molecule has 7 heteroatoms. The number of carboxylic acid groups (broad SMARTS) is 1. The van der Waals surface area contributed by atoms with E-state index in [2.05, 4.69) is 5.32 Å². The van der Waals surface area contributed by atoms with E-state index in [1.165, 1.54) is 0 Å². The van der Waals surface area contributed by atoms with Crippen molar-refractivity contribution in [3.05, 3.63) is 0 Å². The lowest BCUT2D eigenvalue weighted by molar-refractivity contribution is -0.141. The Bertz CT molecular complexity index is 297. The highest BCUT2D eigenvalue weighted by Crippen LogP contribution is 2.08. The van der Waals surface area contributed by atoms with E-state index in [4.69, 9.17) is 14.6 Å². The van der Waals surface area contributed by atoms with Gasteiger partial charge in [0.05, 0.1) is 25.2 Å². The summed E-state index contributed by atoms with van der Waals surface area (Å²) in [4.78, 5) is 24.0. The molecule has 2 unspecified atom stereocenters. The van der Waals surface area contributed by atoms with Gasteiger partial charge in [0, 0.05) is 26.7 Å². The van der Waals surface area contributed by atoms with Gasteiger partial charge in [-0.25, -0.2) is 4.79 Å². The summed E-state index contributed by atoms with van der Waals surface area (Å²) in [7, 11) is 1.58. The molecule has 1 saturated heterocycles. The molecule has 0 bridgehead atoms. The van der Waals surface area contributed by atoms with E-state index in [9.17, 15) is 9.59 Å². The van der Waals surface area contributed by atoms with Crippen LogP contribution in [0.2, 0.25) is 0 Å². The molecule has 0 saturated carbocycles. The van der Waals surface area contributed by atoms with Crippen molar-refractivity contribution in [1.29, 1.82) is 0 Å². The molecular formula is C11H20N2O5. The molecule has 0 aromatic carbocycles. The van der Waals surface area contributed by atoms with E-state index >= 15 is 0 Å². The van der Waals surface area contributed by atoms with Gasteiger partial charge in [0.1, 0.15) is 0 Å². The second-order valence-corrected chi connectivity index (χ2v) is 4.27. The fraction of sp³-hybridized carbons (Fsp3) is 0.818. The minimum atomic E-state index is -0.921. The van der Waals surface area contributed by atoms with E-state index in [0.717, 1.165) is 0 Å². The smallest absolute Gasteiger partial charge is 0.317 e. The van der Waals surface area contributed by atoms with E-state index < -0.39 is 12.1 Å². The molecule has 1 rings (SSSR count). The number of hydrogen-bond acceptors (Lipinski definition) is 4. The second-order valence-electron chi connectivity index (χ2n) is 4.27. The summed E-state index contributed by atoms with van der Waals surface area (Å²) in [6.45, 7) is 3.43. The largest absolute Gasteiger partial charge is 0.481 e. The van der Waals surface area contributed by atoms with Gasteiger partial charge in [0.25, 0.3) is 0 Å². The van der Waals surface area contributed by atoms with Crippen molar-refractivity contribution >= 4 is 12.0 Å². The number of carbonyl (C=O) groups is 2. The summed E-state index contributed by atoms with van der Waals surface area (Å²) in [5.41, 5.74) is 0. The zero-order valence-electron chi connectivity index (χ0n) is 10.7. The van der Waals surface area contributed by atoms with Crippen LogP contribution in [0.15, 0.2) is 0 Å². The first-order valence-corrected chi connectivity index (χ1v) is 5.92. The standard InChI is InChI=1S/C11H20N2O5/c1-8(17-2)6-12-11(16)13-3-4-18-9(7-13)5-10(14)15/h8-9H,3-7H2,1-2H3,(H,12,16)(H,14,15). The minimum Gasteiger partial charge on any atom is -0.481 e. The Morgan fingerprint density at radius 3 is 2.94 bits per heavy atom. The molecular weight excluding hydrogens is 240 g/mol. The Labute approximate surface area is 106 Å². The number of rotatable bonds is 5. The first-order chi connectivity index (χ1) is 8.52. The number of nitrogens with one attached hydrogen (secondary N) is 1. The fourth-order valence-corrected chi connectivity index (χ4v) is 1.65. The average Bonchev–Trinajstić information content (AvgIpc) is 2.35. The third kappa shape index (κ3) is 4.89. The number of urea groups is 1. The van der Waals surface area contributed by atoms with Crippen molar-refractivity contribution < 1.29 is 24.2 Å². The molecule has 0 aromatic rings. The van der Waals surface area contributed by atoms with Gasteiger partial charge < -0.3 is 24.8 Å². The van der Waals surface area contributed by atoms with Crippen molar-refractivity contribution in [2.45, 2.75) is 25.6 Å².